The molecule has 2 heterocycles. The molecule has 0 N–H and O–H groups in total. The molecule has 134 valence electrons. The second kappa shape index (κ2) is 7.87. The third kappa shape index (κ3) is 3.62. The van der Waals surface area contributed by atoms with Crippen LogP contribution in [0.2, 0.25) is 0 Å². The number of hydrogen-bond acceptors (Lipinski definition) is 6. The highest BCUT2D eigenvalue weighted by Crippen LogP contribution is 2.30. The van der Waals surface area contributed by atoms with E-state index in [0.717, 1.165) is 25.2 Å². The molecule has 1 aromatic heterocycles. The Kier molecular flexibility index (Phi) is 5.37. The lowest BCUT2D eigenvalue weighted by molar-refractivity contribution is 0.0906. The molecule has 0 bridgehead atoms. The molecule has 0 aliphatic carbocycles. The molecule has 6 nitrogen and oxygen atoms in total. The lowest BCUT2D eigenvalue weighted by Gasteiger charge is -2.33. The summed E-state index contributed by atoms with van der Waals surface area (Å²) in [6.07, 6.45) is 1.74. The van der Waals surface area contributed by atoms with E-state index in [1.54, 1.807) is 38.5 Å². The maximum absolute atomic E-state index is 13.0. The van der Waals surface area contributed by atoms with Gasteiger partial charge in [-0.15, -0.1) is 0 Å². The molecule has 1 aliphatic heterocycles. The number of nitrogens with zero attached hydrogens (tertiary/aromatic N) is 3. The van der Waals surface area contributed by atoms with Gasteiger partial charge in [0.05, 0.1) is 14.2 Å². The van der Waals surface area contributed by atoms with Gasteiger partial charge in [-0.1, -0.05) is 6.07 Å². The van der Waals surface area contributed by atoms with Gasteiger partial charge in [-0.3, -0.25) is 4.79 Å². The monoisotopic (exact) mass is 351 g/mol. The summed E-state index contributed by atoms with van der Waals surface area (Å²) in [5, 5.41) is 9.03. The molecule has 1 saturated heterocycles. The van der Waals surface area contributed by atoms with Crippen LogP contribution < -0.4 is 14.4 Å². The predicted molar refractivity (Wildman–Crippen MR) is 97.8 cm³/mol. The number of carbonyl (C=O) groups excluding carboxylic acids is 1. The van der Waals surface area contributed by atoms with Gasteiger partial charge >= 0.3 is 0 Å². The lowest BCUT2D eigenvalue weighted by Crippen LogP contribution is -2.39. The van der Waals surface area contributed by atoms with Crippen molar-refractivity contribution >= 4 is 11.6 Å². The number of aromatic nitrogens is 1. The highest BCUT2D eigenvalue weighted by molar-refractivity contribution is 5.98. The molecule has 1 atom stereocenters. The Labute approximate surface area is 153 Å². The minimum Gasteiger partial charge on any atom is -0.493 e. The van der Waals surface area contributed by atoms with Gasteiger partial charge in [-0.2, -0.15) is 5.26 Å². The number of methoxy groups -OCH3 is 2. The van der Waals surface area contributed by atoms with Crippen molar-refractivity contribution in [1.82, 2.24) is 4.98 Å². The molecule has 0 amide bonds. The standard InChI is InChI=1S/C20H21N3O3/c1-25-17-9-8-14(11-18(17)26-2)20(24)15-5-4-10-23(13-15)19-7-3-6-16(12-21)22-19/h3,6-9,11,15H,4-5,10,13H2,1-2H3/t15-/m1/s1. The van der Waals surface area contributed by atoms with Crippen LogP contribution in [0.15, 0.2) is 36.4 Å². The predicted octanol–water partition coefficient (Wildman–Crippen LogP) is 3.07. The Morgan fingerprint density at radius 3 is 2.77 bits per heavy atom. The molecule has 3 rings (SSSR count). The van der Waals surface area contributed by atoms with Crippen LogP contribution in [0.4, 0.5) is 5.82 Å². The minimum absolute atomic E-state index is 0.0899. The van der Waals surface area contributed by atoms with Crippen molar-refractivity contribution in [2.24, 2.45) is 5.92 Å². The van der Waals surface area contributed by atoms with Gasteiger partial charge in [0.1, 0.15) is 17.6 Å². The molecule has 6 heteroatoms. The van der Waals surface area contributed by atoms with E-state index in [9.17, 15) is 4.79 Å². The van der Waals surface area contributed by atoms with Crippen molar-refractivity contribution in [2.75, 3.05) is 32.2 Å². The van der Waals surface area contributed by atoms with Gasteiger partial charge in [0.25, 0.3) is 0 Å². The number of anilines is 1. The Balaban J connectivity index is 1.79. The van der Waals surface area contributed by atoms with E-state index in [1.165, 1.54) is 0 Å². The van der Waals surface area contributed by atoms with E-state index in [2.05, 4.69) is 16.0 Å². The van der Waals surface area contributed by atoms with Gasteiger partial charge < -0.3 is 14.4 Å². The number of benzene rings is 1. The van der Waals surface area contributed by atoms with E-state index < -0.39 is 0 Å². The van der Waals surface area contributed by atoms with Gasteiger partial charge in [-0.25, -0.2) is 4.98 Å². The first-order chi connectivity index (χ1) is 12.7. The number of rotatable bonds is 5. The Morgan fingerprint density at radius 1 is 1.23 bits per heavy atom. The van der Waals surface area contributed by atoms with E-state index in [1.807, 2.05) is 12.1 Å². The maximum Gasteiger partial charge on any atom is 0.167 e. The SMILES string of the molecule is COc1ccc(C(=O)[C@@H]2CCCN(c3cccc(C#N)n3)C2)cc1OC. The molecule has 0 saturated carbocycles. The summed E-state index contributed by atoms with van der Waals surface area (Å²) < 4.78 is 10.5. The van der Waals surface area contributed by atoms with Gasteiger partial charge in [0.2, 0.25) is 0 Å². The van der Waals surface area contributed by atoms with Crippen LogP contribution >= 0.6 is 0 Å². The second-order valence-corrected chi connectivity index (χ2v) is 6.21. The molecular formula is C20H21N3O3. The van der Waals surface area contributed by atoms with Crippen LogP contribution in [0.25, 0.3) is 0 Å². The lowest BCUT2D eigenvalue weighted by atomic mass is 9.90. The van der Waals surface area contributed by atoms with Crippen LogP contribution in [-0.2, 0) is 0 Å². The summed E-state index contributed by atoms with van der Waals surface area (Å²) in [6, 6.07) is 12.7. The van der Waals surface area contributed by atoms with Crippen molar-refractivity contribution in [3.05, 3.63) is 47.7 Å². The molecule has 0 radical (unpaired) electrons. The second-order valence-electron chi connectivity index (χ2n) is 6.21. The van der Waals surface area contributed by atoms with Crippen molar-refractivity contribution in [3.8, 4) is 17.6 Å². The van der Waals surface area contributed by atoms with Gasteiger partial charge in [-0.05, 0) is 43.2 Å². The number of Topliss-reactive ketones (excluding diaryl/α,β-unsaturated/α-hetero) is 1. The molecule has 26 heavy (non-hydrogen) atoms. The zero-order valence-electron chi connectivity index (χ0n) is 14.9. The first-order valence-electron chi connectivity index (χ1n) is 8.54. The van der Waals surface area contributed by atoms with Gasteiger partial charge in [0.15, 0.2) is 17.3 Å². The van der Waals surface area contributed by atoms with E-state index in [4.69, 9.17) is 14.7 Å². The minimum atomic E-state index is -0.116. The summed E-state index contributed by atoms with van der Waals surface area (Å²) in [6.45, 7) is 1.42. The molecule has 1 aliphatic rings. The number of pyridine rings is 1. The van der Waals surface area contributed by atoms with Crippen LogP contribution in [0.3, 0.4) is 0 Å². The van der Waals surface area contributed by atoms with Crippen LogP contribution in [0, 0.1) is 17.2 Å². The fourth-order valence-electron chi connectivity index (χ4n) is 3.29. The smallest absolute Gasteiger partial charge is 0.167 e. The molecule has 2 aromatic rings. The zero-order chi connectivity index (χ0) is 18.5. The van der Waals surface area contributed by atoms with Crippen molar-refractivity contribution < 1.29 is 14.3 Å². The largest absolute Gasteiger partial charge is 0.493 e. The Hall–Kier alpha value is -3.07. The number of hydrogen-bond donors (Lipinski definition) is 0. The summed E-state index contributed by atoms with van der Waals surface area (Å²) in [5.74, 6) is 1.87. The van der Waals surface area contributed by atoms with Crippen molar-refractivity contribution in [1.29, 1.82) is 5.26 Å². The first kappa shape index (κ1) is 17.7. The summed E-state index contributed by atoms with van der Waals surface area (Å²) >= 11 is 0. The fourth-order valence-corrected chi connectivity index (χ4v) is 3.29. The quantitative estimate of drug-likeness (QED) is 0.771. The highest BCUT2D eigenvalue weighted by Gasteiger charge is 2.28. The average Bonchev–Trinajstić information content (AvgIpc) is 2.72. The number of piperidine rings is 1. The van der Waals surface area contributed by atoms with Crippen molar-refractivity contribution in [2.45, 2.75) is 12.8 Å². The number of nitriles is 1. The molecule has 0 unspecified atom stereocenters. The van der Waals surface area contributed by atoms with Crippen LogP contribution in [0.1, 0.15) is 28.9 Å². The summed E-state index contributed by atoms with van der Waals surface area (Å²) in [4.78, 5) is 19.4. The van der Waals surface area contributed by atoms with E-state index >= 15 is 0 Å². The number of ketones is 1. The zero-order valence-corrected chi connectivity index (χ0v) is 14.9. The highest BCUT2D eigenvalue weighted by atomic mass is 16.5. The first-order valence-corrected chi connectivity index (χ1v) is 8.54. The molecule has 0 spiro atoms. The molecule has 1 fully saturated rings. The number of ether oxygens (including phenoxy) is 2. The Morgan fingerprint density at radius 2 is 2.04 bits per heavy atom. The molecule has 1 aromatic carbocycles. The van der Waals surface area contributed by atoms with E-state index in [0.29, 0.717) is 29.3 Å². The summed E-state index contributed by atoms with van der Waals surface area (Å²) in [7, 11) is 3.13. The third-order valence-corrected chi connectivity index (χ3v) is 4.63. The molecular weight excluding hydrogens is 330 g/mol. The third-order valence-electron chi connectivity index (χ3n) is 4.63. The normalized spacial score (nSPS) is 16.7. The Bertz CT molecular complexity index is 844. The van der Waals surface area contributed by atoms with Crippen molar-refractivity contribution in [3.63, 3.8) is 0 Å². The summed E-state index contributed by atoms with van der Waals surface area (Å²) in [5.41, 5.74) is 1.00. The van der Waals surface area contributed by atoms with Crippen LogP contribution in [0.5, 0.6) is 11.5 Å². The average molecular weight is 351 g/mol. The maximum atomic E-state index is 13.0. The topological polar surface area (TPSA) is 75.5 Å². The van der Waals surface area contributed by atoms with Crippen LogP contribution in [-0.4, -0.2) is 38.1 Å². The van der Waals surface area contributed by atoms with E-state index in [-0.39, 0.29) is 11.7 Å². The van der Waals surface area contributed by atoms with Gasteiger partial charge in [0, 0.05) is 24.6 Å². The number of carbonyl (C=O) groups is 1. The fraction of sp³-hybridized carbons (Fsp3) is 0.350.